The van der Waals surface area contributed by atoms with Gasteiger partial charge in [-0.3, -0.25) is 9.69 Å². The summed E-state index contributed by atoms with van der Waals surface area (Å²) < 4.78 is 0. The van der Waals surface area contributed by atoms with Crippen molar-refractivity contribution < 1.29 is 15.0 Å². The van der Waals surface area contributed by atoms with E-state index in [4.69, 9.17) is 5.11 Å². The Morgan fingerprint density at radius 2 is 1.71 bits per heavy atom. The SMILES string of the molecule is Cc1cc(CN2C[C@H]3CC(C(=O)O)C[C@H]3C2)cc(C)c1O. The molecule has 3 atom stereocenters. The number of benzene rings is 1. The average molecular weight is 289 g/mol. The second-order valence-corrected chi connectivity index (χ2v) is 6.80. The summed E-state index contributed by atoms with van der Waals surface area (Å²) in [6.07, 6.45) is 1.67. The molecule has 0 bridgehead atoms. The van der Waals surface area contributed by atoms with Crippen LogP contribution in [0, 0.1) is 31.6 Å². The number of hydrogen-bond acceptors (Lipinski definition) is 3. The van der Waals surface area contributed by atoms with Gasteiger partial charge in [0.25, 0.3) is 0 Å². The van der Waals surface area contributed by atoms with Gasteiger partial charge in [0.05, 0.1) is 5.92 Å². The predicted octanol–water partition coefficient (Wildman–Crippen LogP) is 2.55. The molecule has 1 saturated carbocycles. The van der Waals surface area contributed by atoms with Gasteiger partial charge < -0.3 is 10.2 Å². The largest absolute Gasteiger partial charge is 0.507 e. The van der Waals surface area contributed by atoms with Crippen molar-refractivity contribution in [3.05, 3.63) is 28.8 Å². The van der Waals surface area contributed by atoms with E-state index in [1.54, 1.807) is 0 Å². The molecule has 4 heteroatoms. The van der Waals surface area contributed by atoms with Crippen molar-refractivity contribution in [3.8, 4) is 5.75 Å². The van der Waals surface area contributed by atoms with Crippen LogP contribution in [0.2, 0.25) is 0 Å². The number of carboxylic acid groups (broad SMARTS) is 1. The number of rotatable bonds is 3. The summed E-state index contributed by atoms with van der Waals surface area (Å²) in [7, 11) is 0. The van der Waals surface area contributed by atoms with Gasteiger partial charge in [-0.2, -0.15) is 0 Å². The fourth-order valence-electron chi connectivity index (χ4n) is 4.12. The molecule has 0 radical (unpaired) electrons. The van der Waals surface area contributed by atoms with E-state index >= 15 is 0 Å². The van der Waals surface area contributed by atoms with Crippen molar-refractivity contribution in [3.63, 3.8) is 0 Å². The minimum Gasteiger partial charge on any atom is -0.507 e. The Balaban J connectivity index is 1.63. The van der Waals surface area contributed by atoms with Crippen LogP contribution in [0.5, 0.6) is 5.75 Å². The minimum atomic E-state index is -0.624. The Labute approximate surface area is 125 Å². The third kappa shape index (κ3) is 2.77. The summed E-state index contributed by atoms with van der Waals surface area (Å²) in [4.78, 5) is 13.5. The zero-order valence-electron chi connectivity index (χ0n) is 12.7. The van der Waals surface area contributed by atoms with E-state index in [1.807, 2.05) is 13.8 Å². The number of aryl methyl sites for hydroxylation is 2. The van der Waals surface area contributed by atoms with E-state index in [-0.39, 0.29) is 5.92 Å². The topological polar surface area (TPSA) is 60.8 Å². The molecule has 1 aromatic carbocycles. The Bertz CT molecular complexity index is 532. The maximum Gasteiger partial charge on any atom is 0.306 e. The molecule has 1 unspecified atom stereocenters. The first-order valence-corrected chi connectivity index (χ1v) is 7.68. The molecule has 2 N–H and O–H groups in total. The molecular weight excluding hydrogens is 266 g/mol. The highest BCUT2D eigenvalue weighted by Gasteiger charge is 2.43. The number of phenolic OH excluding ortho intramolecular Hbond substituents is 1. The van der Waals surface area contributed by atoms with Crippen LogP contribution in [-0.2, 0) is 11.3 Å². The van der Waals surface area contributed by atoms with Crippen LogP contribution in [0.3, 0.4) is 0 Å². The van der Waals surface area contributed by atoms with Crippen LogP contribution in [0.15, 0.2) is 12.1 Å². The van der Waals surface area contributed by atoms with Gasteiger partial charge in [-0.15, -0.1) is 0 Å². The van der Waals surface area contributed by atoms with Crippen LogP contribution in [0.4, 0.5) is 0 Å². The van der Waals surface area contributed by atoms with E-state index in [0.717, 1.165) is 43.6 Å². The number of carbonyl (C=O) groups is 1. The number of carboxylic acids is 1. The van der Waals surface area contributed by atoms with Crippen LogP contribution >= 0.6 is 0 Å². The molecule has 0 aromatic heterocycles. The summed E-state index contributed by atoms with van der Waals surface area (Å²) in [5, 5.41) is 19.0. The summed E-state index contributed by atoms with van der Waals surface area (Å²) in [5.74, 6) is 0.734. The van der Waals surface area contributed by atoms with E-state index in [9.17, 15) is 9.90 Å². The minimum absolute atomic E-state index is 0.125. The molecule has 1 aliphatic carbocycles. The van der Waals surface area contributed by atoms with Crippen LogP contribution < -0.4 is 0 Å². The number of fused-ring (bicyclic) bond motifs is 1. The molecule has 0 spiro atoms. The van der Waals surface area contributed by atoms with Gasteiger partial charge in [-0.05, 0) is 55.2 Å². The molecular formula is C17H23NO3. The number of hydrogen-bond donors (Lipinski definition) is 2. The highest BCUT2D eigenvalue weighted by atomic mass is 16.4. The number of aliphatic carboxylic acids is 1. The molecule has 1 saturated heterocycles. The van der Waals surface area contributed by atoms with Crippen molar-refractivity contribution >= 4 is 5.97 Å². The molecule has 3 rings (SSSR count). The van der Waals surface area contributed by atoms with Crippen LogP contribution in [0.25, 0.3) is 0 Å². The van der Waals surface area contributed by atoms with Crippen LogP contribution in [0.1, 0.15) is 29.5 Å². The zero-order valence-corrected chi connectivity index (χ0v) is 12.7. The first-order valence-electron chi connectivity index (χ1n) is 7.68. The van der Waals surface area contributed by atoms with Crippen molar-refractivity contribution in [1.29, 1.82) is 0 Å². The summed E-state index contributed by atoms with van der Waals surface area (Å²) in [6, 6.07) is 4.10. The molecule has 4 nitrogen and oxygen atoms in total. The fraction of sp³-hybridized carbons (Fsp3) is 0.588. The molecule has 21 heavy (non-hydrogen) atoms. The van der Waals surface area contributed by atoms with Crippen molar-refractivity contribution in [2.75, 3.05) is 13.1 Å². The van der Waals surface area contributed by atoms with Gasteiger partial charge in [0.15, 0.2) is 0 Å². The predicted molar refractivity (Wildman–Crippen MR) is 80.2 cm³/mol. The molecule has 2 aliphatic rings. The number of phenols is 1. The van der Waals surface area contributed by atoms with Gasteiger partial charge >= 0.3 is 5.97 Å². The molecule has 1 aliphatic heterocycles. The Morgan fingerprint density at radius 1 is 1.19 bits per heavy atom. The van der Waals surface area contributed by atoms with Gasteiger partial charge in [-0.1, -0.05) is 12.1 Å². The Hall–Kier alpha value is -1.55. The fourth-order valence-corrected chi connectivity index (χ4v) is 4.12. The lowest BCUT2D eigenvalue weighted by molar-refractivity contribution is -0.141. The zero-order chi connectivity index (χ0) is 15.1. The average Bonchev–Trinajstić information content (AvgIpc) is 2.93. The lowest BCUT2D eigenvalue weighted by Crippen LogP contribution is -2.23. The Kier molecular flexibility index (Phi) is 3.66. The van der Waals surface area contributed by atoms with E-state index in [2.05, 4.69) is 17.0 Å². The Morgan fingerprint density at radius 3 is 2.19 bits per heavy atom. The molecule has 2 fully saturated rings. The standard InChI is InChI=1S/C17H23NO3/c1-10-3-12(4-11(2)16(10)19)7-18-8-14-5-13(17(20)21)6-15(14)9-18/h3-4,13-15,19H,5-9H2,1-2H3,(H,20,21)/t13?,14-,15+. The first-order chi connectivity index (χ1) is 9.94. The van der Waals surface area contributed by atoms with E-state index < -0.39 is 5.97 Å². The maximum absolute atomic E-state index is 11.1. The molecule has 114 valence electrons. The maximum atomic E-state index is 11.1. The summed E-state index contributed by atoms with van der Waals surface area (Å²) in [6.45, 7) is 6.78. The summed E-state index contributed by atoms with van der Waals surface area (Å²) >= 11 is 0. The number of aromatic hydroxyl groups is 1. The molecule has 0 amide bonds. The van der Waals surface area contributed by atoms with Crippen molar-refractivity contribution in [1.82, 2.24) is 4.90 Å². The van der Waals surface area contributed by atoms with Gasteiger partial charge in [0.2, 0.25) is 0 Å². The number of likely N-dealkylation sites (tertiary alicyclic amines) is 1. The highest BCUT2D eigenvalue weighted by Crippen LogP contribution is 2.42. The van der Waals surface area contributed by atoms with Crippen molar-refractivity contribution in [2.24, 2.45) is 17.8 Å². The first kappa shape index (κ1) is 14.4. The molecule has 1 aromatic rings. The highest BCUT2D eigenvalue weighted by molar-refractivity contribution is 5.70. The normalized spacial score (nSPS) is 28.8. The van der Waals surface area contributed by atoms with Gasteiger partial charge in [0, 0.05) is 19.6 Å². The van der Waals surface area contributed by atoms with Crippen molar-refractivity contribution in [2.45, 2.75) is 33.2 Å². The third-order valence-electron chi connectivity index (χ3n) is 5.13. The van der Waals surface area contributed by atoms with Crippen LogP contribution in [-0.4, -0.2) is 34.2 Å². The lowest BCUT2D eigenvalue weighted by atomic mass is 10.0. The lowest BCUT2D eigenvalue weighted by Gasteiger charge is -2.19. The monoisotopic (exact) mass is 289 g/mol. The van der Waals surface area contributed by atoms with Gasteiger partial charge in [0.1, 0.15) is 5.75 Å². The van der Waals surface area contributed by atoms with E-state index in [0.29, 0.717) is 17.6 Å². The second-order valence-electron chi connectivity index (χ2n) is 6.80. The number of nitrogens with zero attached hydrogens (tertiary/aromatic N) is 1. The second kappa shape index (κ2) is 5.34. The van der Waals surface area contributed by atoms with E-state index in [1.165, 1.54) is 5.56 Å². The molecule has 1 heterocycles. The summed E-state index contributed by atoms with van der Waals surface area (Å²) in [5.41, 5.74) is 3.09. The smallest absolute Gasteiger partial charge is 0.306 e. The third-order valence-corrected chi connectivity index (χ3v) is 5.13. The van der Waals surface area contributed by atoms with Gasteiger partial charge in [-0.25, -0.2) is 0 Å². The quantitative estimate of drug-likeness (QED) is 0.897.